The molecule has 4 rings (SSSR count). The van der Waals surface area contributed by atoms with E-state index >= 15 is 0 Å². The van der Waals surface area contributed by atoms with E-state index in [0.717, 1.165) is 29.5 Å². The number of aliphatic hydroxyl groups is 4. The van der Waals surface area contributed by atoms with Crippen LogP contribution in [0.4, 0.5) is 0 Å². The van der Waals surface area contributed by atoms with Gasteiger partial charge in [-0.3, -0.25) is 0 Å². The first-order valence-electron chi connectivity index (χ1n) is 9.80. The average Bonchev–Trinajstić information content (AvgIpc) is 3.04. The summed E-state index contributed by atoms with van der Waals surface area (Å²) in [5.41, 5.74) is -0.562. The molecule has 27 heavy (non-hydrogen) atoms. The van der Waals surface area contributed by atoms with Crippen LogP contribution in [0.5, 0.6) is 0 Å². The summed E-state index contributed by atoms with van der Waals surface area (Å²) < 4.78 is 5.58. The van der Waals surface area contributed by atoms with Gasteiger partial charge in [0.25, 0.3) is 0 Å². The first-order chi connectivity index (χ1) is 12.6. The standard InChI is InChI=1S/C21H29ClO5/c1-11(2)21(26)17(22)8-16-19(3)6-4-12-13(10-27-15(12)9-23)14(19)5-7-20(16,25)18(21)24/h8,10-11,14,17-18,23-26H,4-7,9H2,1-3H3/t14-,17+,18-,19-,20-,21-/m0/s1. The number of hydrogen-bond acceptors (Lipinski definition) is 5. The highest BCUT2D eigenvalue weighted by atomic mass is 35.5. The van der Waals surface area contributed by atoms with E-state index in [2.05, 4.69) is 6.92 Å². The molecule has 6 atom stereocenters. The van der Waals surface area contributed by atoms with Gasteiger partial charge in [-0.15, -0.1) is 11.6 Å². The third kappa shape index (κ3) is 2.32. The molecule has 1 saturated carbocycles. The lowest BCUT2D eigenvalue weighted by Gasteiger charge is -2.60. The minimum absolute atomic E-state index is 0.116. The van der Waals surface area contributed by atoms with Gasteiger partial charge in [0.1, 0.15) is 29.7 Å². The molecule has 1 fully saturated rings. The lowest BCUT2D eigenvalue weighted by atomic mass is 9.49. The summed E-state index contributed by atoms with van der Waals surface area (Å²) in [6, 6.07) is 0. The maximum absolute atomic E-state index is 11.6. The van der Waals surface area contributed by atoms with Crippen LogP contribution < -0.4 is 0 Å². The quantitative estimate of drug-likeness (QED) is 0.455. The minimum Gasteiger partial charge on any atom is -0.466 e. The molecule has 0 saturated heterocycles. The molecule has 4 N–H and O–H groups in total. The Bertz CT molecular complexity index is 786. The first-order valence-corrected chi connectivity index (χ1v) is 10.2. The number of aliphatic hydroxyl groups excluding tert-OH is 2. The molecule has 0 amide bonds. The molecule has 6 heteroatoms. The van der Waals surface area contributed by atoms with E-state index in [4.69, 9.17) is 16.0 Å². The Labute approximate surface area is 164 Å². The fourth-order valence-electron chi connectivity index (χ4n) is 5.90. The first kappa shape index (κ1) is 19.5. The van der Waals surface area contributed by atoms with Crippen LogP contribution in [0, 0.1) is 11.3 Å². The lowest BCUT2D eigenvalue weighted by Crippen LogP contribution is -2.69. The van der Waals surface area contributed by atoms with Crippen molar-refractivity contribution in [1.29, 1.82) is 0 Å². The van der Waals surface area contributed by atoms with Crippen molar-refractivity contribution in [2.45, 2.75) is 81.7 Å². The van der Waals surface area contributed by atoms with Gasteiger partial charge in [0.05, 0.1) is 11.6 Å². The van der Waals surface area contributed by atoms with E-state index in [-0.39, 0.29) is 23.9 Å². The summed E-state index contributed by atoms with van der Waals surface area (Å²) >= 11 is 6.57. The second-order valence-electron chi connectivity index (χ2n) is 9.11. The maximum Gasteiger partial charge on any atom is 0.132 e. The SMILES string of the molecule is CC(C)[C@]1(O)[C@H](Cl)C=C2[C@@]3(C)CCc4c(coc4CO)[C@@H]3CC[C@@]2(O)[C@@H]1O. The van der Waals surface area contributed by atoms with Crippen LogP contribution in [0.1, 0.15) is 62.8 Å². The molecule has 150 valence electrons. The largest absolute Gasteiger partial charge is 0.466 e. The Morgan fingerprint density at radius 3 is 2.63 bits per heavy atom. The lowest BCUT2D eigenvalue weighted by molar-refractivity contribution is -0.195. The van der Waals surface area contributed by atoms with Crippen molar-refractivity contribution in [3.63, 3.8) is 0 Å². The second kappa shape index (κ2) is 6.07. The minimum atomic E-state index is -1.58. The number of hydrogen-bond donors (Lipinski definition) is 4. The fraction of sp³-hybridized carbons (Fsp3) is 0.714. The van der Waals surface area contributed by atoms with Crippen molar-refractivity contribution in [3.8, 4) is 0 Å². The average molecular weight is 397 g/mol. The number of fused-ring (bicyclic) bond motifs is 5. The van der Waals surface area contributed by atoms with Crippen molar-refractivity contribution in [2.24, 2.45) is 11.3 Å². The van der Waals surface area contributed by atoms with Gasteiger partial charge < -0.3 is 24.8 Å². The Morgan fingerprint density at radius 2 is 2.00 bits per heavy atom. The van der Waals surface area contributed by atoms with Crippen LogP contribution in [0.3, 0.4) is 0 Å². The molecule has 0 radical (unpaired) electrons. The summed E-state index contributed by atoms with van der Waals surface area (Å²) in [7, 11) is 0. The second-order valence-corrected chi connectivity index (χ2v) is 9.58. The van der Waals surface area contributed by atoms with Gasteiger partial charge in [0.15, 0.2) is 0 Å². The van der Waals surface area contributed by atoms with Gasteiger partial charge in [-0.25, -0.2) is 0 Å². The number of halogens is 1. The summed E-state index contributed by atoms with van der Waals surface area (Å²) in [5.74, 6) is 0.439. The highest BCUT2D eigenvalue weighted by Crippen LogP contribution is 2.63. The third-order valence-electron chi connectivity index (χ3n) is 7.66. The summed E-state index contributed by atoms with van der Waals surface area (Å²) in [4.78, 5) is 0. The van der Waals surface area contributed by atoms with Gasteiger partial charge in [0.2, 0.25) is 0 Å². The molecule has 0 aromatic carbocycles. The molecule has 1 aromatic heterocycles. The molecule has 0 unspecified atom stereocenters. The van der Waals surface area contributed by atoms with Crippen molar-refractivity contribution >= 4 is 11.6 Å². The molecule has 3 aliphatic rings. The van der Waals surface area contributed by atoms with E-state index in [1.165, 1.54) is 0 Å². The van der Waals surface area contributed by atoms with Crippen molar-refractivity contribution < 1.29 is 24.8 Å². The number of furan rings is 1. The number of alkyl halides is 1. The predicted molar refractivity (Wildman–Crippen MR) is 102 cm³/mol. The molecule has 0 spiro atoms. The van der Waals surface area contributed by atoms with Crippen LogP contribution in [0.25, 0.3) is 0 Å². The van der Waals surface area contributed by atoms with E-state index in [1.807, 2.05) is 13.8 Å². The van der Waals surface area contributed by atoms with Crippen LogP contribution in [-0.4, -0.2) is 43.1 Å². The molecule has 1 aromatic rings. The van der Waals surface area contributed by atoms with Crippen molar-refractivity contribution in [3.05, 3.63) is 34.8 Å². The Kier molecular flexibility index (Phi) is 4.38. The van der Waals surface area contributed by atoms with Crippen LogP contribution >= 0.6 is 11.6 Å². The Morgan fingerprint density at radius 1 is 1.30 bits per heavy atom. The molecule has 0 bridgehead atoms. The molecular formula is C21H29ClO5. The summed E-state index contributed by atoms with van der Waals surface area (Å²) in [6.45, 7) is 5.61. The van der Waals surface area contributed by atoms with E-state index in [9.17, 15) is 20.4 Å². The molecule has 0 aliphatic heterocycles. The summed E-state index contributed by atoms with van der Waals surface area (Å²) in [6.07, 6.45) is 4.69. The fourth-order valence-corrected chi connectivity index (χ4v) is 6.40. The predicted octanol–water partition coefficient (Wildman–Crippen LogP) is 2.63. The Balaban J connectivity index is 1.83. The van der Waals surface area contributed by atoms with Gasteiger partial charge in [-0.2, -0.15) is 0 Å². The van der Waals surface area contributed by atoms with Gasteiger partial charge in [-0.05, 0) is 59.6 Å². The van der Waals surface area contributed by atoms with Gasteiger partial charge in [0, 0.05) is 0 Å². The summed E-state index contributed by atoms with van der Waals surface area (Å²) in [5, 5.41) is 42.5. The van der Waals surface area contributed by atoms with Gasteiger partial charge in [-0.1, -0.05) is 26.8 Å². The zero-order chi connectivity index (χ0) is 19.8. The normalized spacial score (nSPS) is 43.7. The third-order valence-corrected chi connectivity index (χ3v) is 8.14. The van der Waals surface area contributed by atoms with Gasteiger partial charge >= 0.3 is 0 Å². The Hall–Kier alpha value is -0.850. The zero-order valence-corrected chi connectivity index (χ0v) is 16.8. The zero-order valence-electron chi connectivity index (χ0n) is 16.1. The van der Waals surface area contributed by atoms with Crippen LogP contribution in [0.15, 0.2) is 22.3 Å². The van der Waals surface area contributed by atoms with Crippen LogP contribution in [0.2, 0.25) is 0 Å². The molecule has 3 aliphatic carbocycles. The monoisotopic (exact) mass is 396 g/mol. The number of rotatable bonds is 2. The topological polar surface area (TPSA) is 94.1 Å². The molecule has 5 nitrogen and oxygen atoms in total. The van der Waals surface area contributed by atoms with E-state index in [0.29, 0.717) is 18.6 Å². The molecule has 1 heterocycles. The van der Waals surface area contributed by atoms with Crippen LogP contribution in [-0.2, 0) is 13.0 Å². The van der Waals surface area contributed by atoms with E-state index < -0.39 is 22.7 Å². The van der Waals surface area contributed by atoms with Crippen molar-refractivity contribution in [2.75, 3.05) is 0 Å². The van der Waals surface area contributed by atoms with E-state index in [1.54, 1.807) is 12.3 Å². The highest BCUT2D eigenvalue weighted by Gasteiger charge is 2.64. The highest BCUT2D eigenvalue weighted by molar-refractivity contribution is 6.23. The molecular weight excluding hydrogens is 368 g/mol. The van der Waals surface area contributed by atoms with Crippen molar-refractivity contribution in [1.82, 2.24) is 0 Å². The smallest absolute Gasteiger partial charge is 0.132 e. The maximum atomic E-state index is 11.6.